The van der Waals surface area contributed by atoms with Gasteiger partial charge in [0.05, 0.1) is 11.3 Å². The van der Waals surface area contributed by atoms with Gasteiger partial charge >= 0.3 is 0 Å². The molecule has 2 nitrogen and oxygen atoms in total. The Kier molecular flexibility index (Phi) is 4.07. The van der Waals surface area contributed by atoms with Crippen LogP contribution < -0.4 is 5.32 Å². The summed E-state index contributed by atoms with van der Waals surface area (Å²) >= 11 is 1.73. The van der Waals surface area contributed by atoms with Gasteiger partial charge < -0.3 is 5.32 Å². The second-order valence-corrected chi connectivity index (χ2v) is 7.91. The minimum absolute atomic E-state index is 0.378. The van der Waals surface area contributed by atoms with Crippen molar-refractivity contribution in [3.8, 4) is 6.07 Å². The minimum atomic E-state index is 0.378. The summed E-state index contributed by atoms with van der Waals surface area (Å²) in [4.78, 5) is 1.08. The molecule has 0 atom stereocenters. The van der Waals surface area contributed by atoms with Crippen LogP contribution in [0.2, 0.25) is 0 Å². The second-order valence-electron chi connectivity index (χ2n) is 6.60. The highest BCUT2D eigenvalue weighted by Gasteiger charge is 2.64. The highest BCUT2D eigenvalue weighted by atomic mass is 32.2. The molecule has 1 aromatic rings. The van der Waals surface area contributed by atoms with Gasteiger partial charge in [0, 0.05) is 11.4 Å². The van der Waals surface area contributed by atoms with Crippen molar-refractivity contribution in [2.24, 2.45) is 16.7 Å². The maximum absolute atomic E-state index is 9.41. The average molecular weight is 288 g/mol. The molecule has 0 aromatic heterocycles. The van der Waals surface area contributed by atoms with E-state index in [0.717, 1.165) is 28.4 Å². The molecule has 0 heterocycles. The maximum atomic E-state index is 9.41. The van der Waals surface area contributed by atoms with Gasteiger partial charge in [-0.1, -0.05) is 40.7 Å². The number of benzene rings is 1. The number of nitrogens with one attached hydrogen (secondary N) is 1. The van der Waals surface area contributed by atoms with E-state index in [4.69, 9.17) is 0 Å². The molecule has 20 heavy (non-hydrogen) atoms. The summed E-state index contributed by atoms with van der Waals surface area (Å²) in [6.45, 7) is 12.4. The van der Waals surface area contributed by atoms with Crippen molar-refractivity contribution in [2.75, 3.05) is 17.6 Å². The lowest BCUT2D eigenvalue weighted by Crippen LogP contribution is -2.09. The van der Waals surface area contributed by atoms with Crippen LogP contribution in [0.1, 0.15) is 40.2 Å². The molecule has 0 spiro atoms. The number of thioether (sulfide) groups is 1. The van der Waals surface area contributed by atoms with E-state index in [1.54, 1.807) is 11.8 Å². The predicted octanol–water partition coefficient (Wildman–Crippen LogP) is 4.76. The SMILES string of the molecule is CCSc1cccc(NCC2C(C)(C)C2(C)C)c1C#N. The predicted molar refractivity (Wildman–Crippen MR) is 87.1 cm³/mol. The lowest BCUT2D eigenvalue weighted by Gasteiger charge is -2.12. The van der Waals surface area contributed by atoms with Gasteiger partial charge in [0.1, 0.15) is 6.07 Å². The molecule has 1 N–H and O–H groups in total. The fraction of sp³-hybridized carbons (Fsp3) is 0.588. The van der Waals surface area contributed by atoms with E-state index in [1.165, 1.54) is 0 Å². The van der Waals surface area contributed by atoms with Crippen LogP contribution in [0.4, 0.5) is 5.69 Å². The summed E-state index contributed by atoms with van der Waals surface area (Å²) < 4.78 is 0. The molecule has 1 aliphatic carbocycles. The minimum Gasteiger partial charge on any atom is -0.384 e. The zero-order valence-electron chi connectivity index (χ0n) is 13.1. The molecule has 0 amide bonds. The van der Waals surface area contributed by atoms with Gasteiger partial charge in [-0.05, 0) is 34.6 Å². The number of nitriles is 1. The topological polar surface area (TPSA) is 35.8 Å². The zero-order valence-corrected chi connectivity index (χ0v) is 13.9. The summed E-state index contributed by atoms with van der Waals surface area (Å²) in [5.41, 5.74) is 2.52. The summed E-state index contributed by atoms with van der Waals surface area (Å²) in [5.74, 6) is 1.64. The first kappa shape index (κ1) is 15.3. The number of anilines is 1. The largest absolute Gasteiger partial charge is 0.384 e. The van der Waals surface area contributed by atoms with E-state index < -0.39 is 0 Å². The summed E-state index contributed by atoms with van der Waals surface area (Å²) in [6.07, 6.45) is 0. The van der Waals surface area contributed by atoms with Gasteiger partial charge in [-0.3, -0.25) is 0 Å². The van der Waals surface area contributed by atoms with E-state index in [9.17, 15) is 5.26 Å². The zero-order chi connectivity index (χ0) is 15.0. The van der Waals surface area contributed by atoms with Crippen molar-refractivity contribution in [3.63, 3.8) is 0 Å². The molecular formula is C17H24N2S. The Balaban J connectivity index is 2.12. The molecule has 0 bridgehead atoms. The van der Waals surface area contributed by atoms with Crippen LogP contribution in [0, 0.1) is 28.1 Å². The molecular weight excluding hydrogens is 264 g/mol. The molecule has 0 unspecified atom stereocenters. The molecule has 2 rings (SSSR count). The maximum Gasteiger partial charge on any atom is 0.102 e. The molecule has 0 radical (unpaired) electrons. The van der Waals surface area contributed by atoms with Crippen molar-refractivity contribution in [1.29, 1.82) is 5.26 Å². The lowest BCUT2D eigenvalue weighted by atomic mass is 10.0. The van der Waals surface area contributed by atoms with Gasteiger partial charge in [-0.25, -0.2) is 0 Å². The fourth-order valence-electron chi connectivity index (χ4n) is 3.13. The fourth-order valence-corrected chi connectivity index (χ4v) is 3.91. The standard InChI is InChI=1S/C17H24N2S/c1-6-20-14-9-7-8-13(12(14)10-18)19-11-15-16(2,3)17(15,4)5/h7-9,15,19H,6,11H2,1-5H3. The van der Waals surface area contributed by atoms with Gasteiger partial charge in [-0.2, -0.15) is 5.26 Å². The van der Waals surface area contributed by atoms with Crippen molar-refractivity contribution >= 4 is 17.4 Å². The summed E-state index contributed by atoms with van der Waals surface area (Å²) in [5, 5.41) is 12.9. The van der Waals surface area contributed by atoms with E-state index in [1.807, 2.05) is 18.2 Å². The Labute approximate surface area is 127 Å². The normalized spacial score (nSPS) is 19.4. The average Bonchev–Trinajstić information content (AvgIpc) is 2.77. The van der Waals surface area contributed by atoms with Crippen molar-refractivity contribution in [2.45, 2.75) is 39.5 Å². The summed E-state index contributed by atoms with van der Waals surface area (Å²) in [6, 6.07) is 8.43. The Morgan fingerprint density at radius 3 is 2.40 bits per heavy atom. The van der Waals surface area contributed by atoms with Crippen molar-refractivity contribution in [1.82, 2.24) is 0 Å². The van der Waals surface area contributed by atoms with Crippen molar-refractivity contribution in [3.05, 3.63) is 23.8 Å². The first-order valence-corrected chi connectivity index (χ1v) is 8.24. The Morgan fingerprint density at radius 1 is 1.25 bits per heavy atom. The Hall–Kier alpha value is -1.14. The quantitative estimate of drug-likeness (QED) is 0.793. The Bertz CT molecular complexity index is 526. The van der Waals surface area contributed by atoms with Crippen molar-refractivity contribution < 1.29 is 0 Å². The third-order valence-corrected chi connectivity index (χ3v) is 6.19. The molecule has 1 fully saturated rings. The number of nitrogens with zero attached hydrogens (tertiary/aromatic N) is 1. The van der Waals surface area contributed by atoms with E-state index in [-0.39, 0.29) is 0 Å². The smallest absolute Gasteiger partial charge is 0.102 e. The molecule has 1 aliphatic rings. The summed E-state index contributed by atoms with van der Waals surface area (Å²) in [7, 11) is 0. The van der Waals surface area contributed by atoms with Gasteiger partial charge in [-0.15, -0.1) is 11.8 Å². The van der Waals surface area contributed by atoms with Crippen LogP contribution in [0.25, 0.3) is 0 Å². The first-order chi connectivity index (χ1) is 9.36. The van der Waals surface area contributed by atoms with Gasteiger partial charge in [0.15, 0.2) is 0 Å². The molecule has 1 saturated carbocycles. The monoisotopic (exact) mass is 288 g/mol. The van der Waals surface area contributed by atoms with Crippen LogP contribution in [0.5, 0.6) is 0 Å². The third kappa shape index (κ3) is 2.42. The van der Waals surface area contributed by atoms with Gasteiger partial charge in [0.2, 0.25) is 0 Å². The number of hydrogen-bond acceptors (Lipinski definition) is 3. The van der Waals surface area contributed by atoms with Gasteiger partial charge in [0.25, 0.3) is 0 Å². The van der Waals surface area contributed by atoms with E-state index in [0.29, 0.717) is 16.7 Å². The van der Waals surface area contributed by atoms with Crippen LogP contribution in [-0.2, 0) is 0 Å². The molecule has 108 valence electrons. The van der Waals surface area contributed by atoms with E-state index >= 15 is 0 Å². The molecule has 0 aliphatic heterocycles. The Morgan fingerprint density at radius 2 is 1.90 bits per heavy atom. The first-order valence-electron chi connectivity index (χ1n) is 7.26. The van der Waals surface area contributed by atoms with Crippen LogP contribution in [-0.4, -0.2) is 12.3 Å². The molecule has 1 aromatic carbocycles. The second kappa shape index (κ2) is 5.33. The highest BCUT2D eigenvalue weighted by molar-refractivity contribution is 7.99. The number of hydrogen-bond donors (Lipinski definition) is 1. The molecule has 0 saturated heterocycles. The van der Waals surface area contributed by atoms with Crippen LogP contribution >= 0.6 is 11.8 Å². The van der Waals surface area contributed by atoms with Crippen LogP contribution in [0.15, 0.2) is 23.1 Å². The lowest BCUT2D eigenvalue weighted by molar-refractivity contribution is 0.457. The van der Waals surface area contributed by atoms with Crippen LogP contribution in [0.3, 0.4) is 0 Å². The third-order valence-electron chi connectivity index (χ3n) is 5.25. The van der Waals surface area contributed by atoms with E-state index in [2.05, 4.69) is 46.0 Å². The number of rotatable bonds is 5. The highest BCUT2D eigenvalue weighted by Crippen LogP contribution is 2.68. The molecule has 3 heteroatoms.